The van der Waals surface area contributed by atoms with Crippen molar-refractivity contribution in [3.63, 3.8) is 0 Å². The van der Waals surface area contributed by atoms with Crippen LogP contribution in [0.2, 0.25) is 0 Å². The molecule has 1 aromatic carbocycles. The van der Waals surface area contributed by atoms with Crippen molar-refractivity contribution in [2.24, 2.45) is 0 Å². The lowest BCUT2D eigenvalue weighted by Gasteiger charge is -2.02. The predicted molar refractivity (Wildman–Crippen MR) is 50.8 cm³/mol. The van der Waals surface area contributed by atoms with Crippen LogP contribution >= 0.6 is 11.6 Å². The van der Waals surface area contributed by atoms with Crippen molar-refractivity contribution in [3.8, 4) is 0 Å². The lowest BCUT2D eigenvalue weighted by Crippen LogP contribution is -2.03. The summed E-state index contributed by atoms with van der Waals surface area (Å²) in [6, 6.07) is 5.81. The maximum absolute atomic E-state index is 12.3. The van der Waals surface area contributed by atoms with Gasteiger partial charge in [0.1, 0.15) is 0 Å². The summed E-state index contributed by atoms with van der Waals surface area (Å²) in [5.41, 5.74) is 0.512. The molecular formula is C10H9ClF2O. The molecule has 0 saturated carbocycles. The van der Waals surface area contributed by atoms with Gasteiger partial charge < -0.3 is 0 Å². The van der Waals surface area contributed by atoms with Gasteiger partial charge in [0.05, 0.1) is 5.88 Å². The molecule has 0 radical (unpaired) electrons. The zero-order chi connectivity index (χ0) is 10.6. The van der Waals surface area contributed by atoms with E-state index in [2.05, 4.69) is 0 Å². The third-order valence-electron chi connectivity index (χ3n) is 1.75. The van der Waals surface area contributed by atoms with Crippen molar-refractivity contribution in [1.82, 2.24) is 0 Å². The fourth-order valence-electron chi connectivity index (χ4n) is 1.11. The molecule has 0 aliphatic carbocycles. The molecule has 0 atom stereocenters. The maximum atomic E-state index is 12.3. The van der Waals surface area contributed by atoms with Crippen LogP contribution in [0.3, 0.4) is 0 Å². The molecule has 1 aromatic rings. The van der Waals surface area contributed by atoms with Crippen LogP contribution in [0.1, 0.15) is 17.6 Å². The fourth-order valence-corrected chi connectivity index (χ4v) is 1.21. The Balaban J connectivity index is 2.78. The van der Waals surface area contributed by atoms with Crippen molar-refractivity contribution >= 4 is 17.4 Å². The molecule has 1 nitrogen and oxygen atoms in total. The number of alkyl halides is 3. The van der Waals surface area contributed by atoms with E-state index in [9.17, 15) is 13.6 Å². The van der Waals surface area contributed by atoms with Gasteiger partial charge >= 0.3 is 0 Å². The molecule has 0 spiro atoms. The van der Waals surface area contributed by atoms with Crippen LogP contribution in [-0.2, 0) is 11.2 Å². The number of carbonyl (C=O) groups is 1. The first-order valence-electron chi connectivity index (χ1n) is 4.08. The van der Waals surface area contributed by atoms with Crippen molar-refractivity contribution < 1.29 is 13.6 Å². The molecule has 0 heterocycles. The molecular weight excluding hydrogens is 210 g/mol. The molecule has 0 unspecified atom stereocenters. The molecule has 0 bridgehead atoms. The first-order chi connectivity index (χ1) is 6.63. The summed E-state index contributed by atoms with van der Waals surface area (Å²) in [6.45, 7) is 0. The Labute approximate surface area is 85.7 Å². The van der Waals surface area contributed by atoms with E-state index in [1.54, 1.807) is 6.07 Å². The number of carbonyl (C=O) groups excluding carboxylic acids is 1. The normalized spacial score (nSPS) is 10.6. The van der Waals surface area contributed by atoms with Crippen molar-refractivity contribution in [3.05, 3.63) is 35.4 Å². The highest BCUT2D eigenvalue weighted by Gasteiger charge is 2.08. The summed E-state index contributed by atoms with van der Waals surface area (Å²) in [4.78, 5) is 10.9. The number of Topliss-reactive ketones (excluding diaryl/α,β-unsaturated/α-hetero) is 1. The van der Waals surface area contributed by atoms with E-state index in [-0.39, 0.29) is 23.6 Å². The third-order valence-corrected chi connectivity index (χ3v) is 2.05. The van der Waals surface area contributed by atoms with Gasteiger partial charge in [0, 0.05) is 12.0 Å². The van der Waals surface area contributed by atoms with Crippen LogP contribution in [0.4, 0.5) is 8.78 Å². The highest BCUT2D eigenvalue weighted by Crippen LogP contribution is 2.19. The Morgan fingerprint density at radius 1 is 1.43 bits per heavy atom. The van der Waals surface area contributed by atoms with Gasteiger partial charge in [-0.15, -0.1) is 11.6 Å². The maximum Gasteiger partial charge on any atom is 0.263 e. The summed E-state index contributed by atoms with van der Waals surface area (Å²) in [5, 5.41) is 0. The second-order valence-electron chi connectivity index (χ2n) is 2.89. The lowest BCUT2D eigenvalue weighted by molar-refractivity contribution is -0.116. The van der Waals surface area contributed by atoms with Gasteiger partial charge in [0.15, 0.2) is 5.78 Å². The summed E-state index contributed by atoms with van der Waals surface area (Å²) in [7, 11) is 0. The molecule has 0 saturated heterocycles. The molecule has 0 aliphatic heterocycles. The van der Waals surface area contributed by atoms with E-state index in [1.807, 2.05) is 0 Å². The summed E-state index contributed by atoms with van der Waals surface area (Å²) in [6.07, 6.45) is -2.38. The van der Waals surface area contributed by atoms with Crippen LogP contribution in [-0.4, -0.2) is 11.7 Å². The summed E-state index contributed by atoms with van der Waals surface area (Å²) >= 11 is 5.31. The molecule has 1 rings (SSSR count). The smallest absolute Gasteiger partial charge is 0.263 e. The molecule has 0 aliphatic rings. The van der Waals surface area contributed by atoms with E-state index in [1.165, 1.54) is 18.2 Å². The molecule has 14 heavy (non-hydrogen) atoms. The van der Waals surface area contributed by atoms with E-state index >= 15 is 0 Å². The van der Waals surface area contributed by atoms with Gasteiger partial charge in [-0.3, -0.25) is 4.79 Å². The second-order valence-corrected chi connectivity index (χ2v) is 3.16. The summed E-state index contributed by atoms with van der Waals surface area (Å²) < 4.78 is 24.5. The van der Waals surface area contributed by atoms with Gasteiger partial charge in [-0.2, -0.15) is 0 Å². The number of hydrogen-bond donors (Lipinski definition) is 0. The molecule has 0 N–H and O–H groups in total. The zero-order valence-electron chi connectivity index (χ0n) is 7.34. The van der Waals surface area contributed by atoms with Crippen LogP contribution in [0.25, 0.3) is 0 Å². The number of hydrogen-bond acceptors (Lipinski definition) is 1. The Morgan fingerprint density at radius 2 is 2.14 bits per heavy atom. The Kier molecular flexibility index (Phi) is 4.01. The van der Waals surface area contributed by atoms with Crippen LogP contribution in [0.5, 0.6) is 0 Å². The highest BCUT2D eigenvalue weighted by molar-refractivity contribution is 6.27. The van der Waals surface area contributed by atoms with Gasteiger partial charge in [-0.1, -0.05) is 18.2 Å². The van der Waals surface area contributed by atoms with Crippen molar-refractivity contribution in [2.75, 3.05) is 5.88 Å². The second kappa shape index (κ2) is 5.05. The highest BCUT2D eigenvalue weighted by atomic mass is 35.5. The van der Waals surface area contributed by atoms with Gasteiger partial charge in [-0.05, 0) is 11.6 Å². The lowest BCUT2D eigenvalue weighted by atomic mass is 10.1. The minimum Gasteiger partial charge on any atom is -0.298 e. The van der Waals surface area contributed by atoms with E-state index in [4.69, 9.17) is 11.6 Å². The molecule has 4 heteroatoms. The first-order valence-corrected chi connectivity index (χ1v) is 4.61. The van der Waals surface area contributed by atoms with E-state index in [0.717, 1.165) is 0 Å². The van der Waals surface area contributed by atoms with Gasteiger partial charge in [0.2, 0.25) is 0 Å². The Morgan fingerprint density at radius 3 is 2.71 bits per heavy atom. The molecule has 0 fully saturated rings. The standard InChI is InChI=1S/C10H9ClF2O/c11-6-9(14)5-7-2-1-3-8(4-7)10(12)13/h1-4,10H,5-6H2. The minimum atomic E-state index is -2.50. The topological polar surface area (TPSA) is 17.1 Å². The zero-order valence-corrected chi connectivity index (χ0v) is 8.10. The molecule has 0 aromatic heterocycles. The van der Waals surface area contributed by atoms with Crippen LogP contribution in [0, 0.1) is 0 Å². The summed E-state index contributed by atoms with van der Waals surface area (Å²) in [5.74, 6) is -0.253. The average Bonchev–Trinajstić information content (AvgIpc) is 2.18. The van der Waals surface area contributed by atoms with Gasteiger partial charge in [-0.25, -0.2) is 8.78 Å². The Hall–Kier alpha value is -0.960. The van der Waals surface area contributed by atoms with Gasteiger partial charge in [0.25, 0.3) is 6.43 Å². The van der Waals surface area contributed by atoms with Crippen molar-refractivity contribution in [2.45, 2.75) is 12.8 Å². The number of ketones is 1. The van der Waals surface area contributed by atoms with E-state index < -0.39 is 6.43 Å². The number of benzene rings is 1. The minimum absolute atomic E-state index is 0.0649. The largest absolute Gasteiger partial charge is 0.298 e. The molecule has 76 valence electrons. The average molecular weight is 219 g/mol. The fraction of sp³-hybridized carbons (Fsp3) is 0.300. The number of rotatable bonds is 4. The van der Waals surface area contributed by atoms with Crippen molar-refractivity contribution in [1.29, 1.82) is 0 Å². The molecule has 0 amide bonds. The SMILES string of the molecule is O=C(CCl)Cc1cccc(C(F)F)c1. The first kappa shape index (κ1) is 11.1. The third kappa shape index (κ3) is 3.07. The predicted octanol–water partition coefficient (Wildman–Crippen LogP) is 2.97. The Bertz CT molecular complexity index is 326. The van der Waals surface area contributed by atoms with Crippen LogP contribution < -0.4 is 0 Å². The van der Waals surface area contributed by atoms with Crippen LogP contribution in [0.15, 0.2) is 24.3 Å². The quantitative estimate of drug-likeness (QED) is 0.710. The number of halogens is 3. The van der Waals surface area contributed by atoms with E-state index in [0.29, 0.717) is 5.56 Å². The monoisotopic (exact) mass is 218 g/mol.